The van der Waals surface area contributed by atoms with Crippen molar-refractivity contribution in [2.45, 2.75) is 50.7 Å². The van der Waals surface area contributed by atoms with Gasteiger partial charge in [-0.2, -0.15) is 0 Å². The van der Waals surface area contributed by atoms with Crippen LogP contribution in [0.4, 0.5) is 0 Å². The van der Waals surface area contributed by atoms with Gasteiger partial charge >= 0.3 is 0 Å². The molecule has 98 valence electrons. The second-order valence-corrected chi connectivity index (χ2v) is 5.09. The van der Waals surface area contributed by atoms with Gasteiger partial charge in [-0.25, -0.2) is 0 Å². The van der Waals surface area contributed by atoms with Crippen LogP contribution in [0.2, 0.25) is 0 Å². The van der Waals surface area contributed by atoms with Crippen molar-refractivity contribution in [3.05, 3.63) is 0 Å². The number of rotatable bonds is 4. The zero-order valence-corrected chi connectivity index (χ0v) is 10.8. The number of likely N-dealkylation sites (N-methyl/N-ethyl adjacent to an activating group) is 1. The quantitative estimate of drug-likeness (QED) is 0.801. The van der Waals surface area contributed by atoms with Crippen LogP contribution in [-0.4, -0.2) is 49.7 Å². The van der Waals surface area contributed by atoms with E-state index in [0.717, 1.165) is 45.4 Å². The molecule has 0 radical (unpaired) electrons. The maximum absolute atomic E-state index is 12.1. The van der Waals surface area contributed by atoms with E-state index < -0.39 is 0 Å². The van der Waals surface area contributed by atoms with E-state index in [1.807, 2.05) is 11.9 Å². The summed E-state index contributed by atoms with van der Waals surface area (Å²) < 4.78 is 5.70. The zero-order valence-electron chi connectivity index (χ0n) is 10.8. The second kappa shape index (κ2) is 6.36. The molecule has 0 aromatic rings. The molecule has 0 bridgehead atoms. The molecular formula is C13H24N2O2. The SMILES string of the molecule is CNC1CCCN(CCC2CCCCO2)C1=O. The fourth-order valence-electron chi connectivity index (χ4n) is 2.77. The van der Waals surface area contributed by atoms with Crippen LogP contribution >= 0.6 is 0 Å². The van der Waals surface area contributed by atoms with Gasteiger partial charge in [-0.3, -0.25) is 4.79 Å². The molecule has 1 N–H and O–H groups in total. The summed E-state index contributed by atoms with van der Waals surface area (Å²) in [6.45, 7) is 2.68. The number of hydrogen-bond donors (Lipinski definition) is 1. The highest BCUT2D eigenvalue weighted by Gasteiger charge is 2.27. The Morgan fingerprint density at radius 2 is 2.24 bits per heavy atom. The first-order chi connectivity index (χ1) is 8.31. The molecule has 0 saturated carbocycles. The minimum absolute atomic E-state index is 0.0380. The summed E-state index contributed by atoms with van der Waals surface area (Å²) in [5.74, 6) is 0.273. The van der Waals surface area contributed by atoms with E-state index in [1.54, 1.807) is 0 Å². The zero-order chi connectivity index (χ0) is 12.1. The maximum atomic E-state index is 12.1. The number of hydrogen-bond acceptors (Lipinski definition) is 3. The van der Waals surface area contributed by atoms with Gasteiger partial charge in [0.05, 0.1) is 12.1 Å². The van der Waals surface area contributed by atoms with E-state index in [2.05, 4.69) is 5.32 Å². The average Bonchev–Trinajstić information content (AvgIpc) is 2.39. The summed E-state index contributed by atoms with van der Waals surface area (Å²) in [4.78, 5) is 14.1. The lowest BCUT2D eigenvalue weighted by Gasteiger charge is -2.33. The summed E-state index contributed by atoms with van der Waals surface area (Å²) >= 11 is 0. The van der Waals surface area contributed by atoms with E-state index in [0.29, 0.717) is 6.10 Å². The molecule has 2 aliphatic heterocycles. The fourth-order valence-corrected chi connectivity index (χ4v) is 2.77. The van der Waals surface area contributed by atoms with Crippen LogP contribution in [0.1, 0.15) is 38.5 Å². The molecule has 2 fully saturated rings. The van der Waals surface area contributed by atoms with Crippen LogP contribution < -0.4 is 5.32 Å². The first-order valence-corrected chi connectivity index (χ1v) is 6.89. The summed E-state index contributed by atoms with van der Waals surface area (Å²) in [5, 5.41) is 3.10. The van der Waals surface area contributed by atoms with E-state index >= 15 is 0 Å². The summed E-state index contributed by atoms with van der Waals surface area (Å²) in [6, 6.07) is 0.0380. The van der Waals surface area contributed by atoms with Crippen molar-refractivity contribution >= 4 is 5.91 Å². The molecule has 0 aromatic heterocycles. The van der Waals surface area contributed by atoms with Crippen LogP contribution in [-0.2, 0) is 9.53 Å². The molecule has 4 heteroatoms. The monoisotopic (exact) mass is 240 g/mol. The molecule has 0 aromatic carbocycles. The van der Waals surface area contributed by atoms with E-state index in [-0.39, 0.29) is 11.9 Å². The molecular weight excluding hydrogens is 216 g/mol. The molecule has 2 saturated heterocycles. The standard InChI is InChI=1S/C13H24N2O2/c1-14-12-6-4-8-15(13(12)16)9-7-11-5-2-3-10-17-11/h11-12,14H,2-10H2,1H3. The average molecular weight is 240 g/mol. The Balaban J connectivity index is 1.75. The molecule has 4 nitrogen and oxygen atoms in total. The first kappa shape index (κ1) is 12.8. The largest absolute Gasteiger partial charge is 0.378 e. The van der Waals surface area contributed by atoms with Gasteiger partial charge in [0.2, 0.25) is 5.91 Å². The van der Waals surface area contributed by atoms with Crippen LogP contribution in [0.25, 0.3) is 0 Å². The second-order valence-electron chi connectivity index (χ2n) is 5.09. The number of carbonyl (C=O) groups excluding carboxylic acids is 1. The van der Waals surface area contributed by atoms with E-state index in [9.17, 15) is 4.79 Å². The van der Waals surface area contributed by atoms with Gasteiger partial charge in [0.1, 0.15) is 0 Å². The Bertz CT molecular complexity index is 252. The van der Waals surface area contributed by atoms with Crippen LogP contribution in [0.3, 0.4) is 0 Å². The topological polar surface area (TPSA) is 41.6 Å². The van der Waals surface area contributed by atoms with Crippen molar-refractivity contribution < 1.29 is 9.53 Å². The lowest BCUT2D eigenvalue weighted by atomic mass is 10.0. The molecule has 0 aliphatic carbocycles. The van der Waals surface area contributed by atoms with Gasteiger partial charge in [0.25, 0.3) is 0 Å². The van der Waals surface area contributed by atoms with Crippen molar-refractivity contribution in [1.82, 2.24) is 10.2 Å². The highest BCUT2D eigenvalue weighted by atomic mass is 16.5. The van der Waals surface area contributed by atoms with Crippen molar-refractivity contribution in [1.29, 1.82) is 0 Å². The van der Waals surface area contributed by atoms with Crippen molar-refractivity contribution in [2.24, 2.45) is 0 Å². The fraction of sp³-hybridized carbons (Fsp3) is 0.923. The predicted molar refractivity (Wildman–Crippen MR) is 66.9 cm³/mol. The molecule has 17 heavy (non-hydrogen) atoms. The van der Waals surface area contributed by atoms with Gasteiger partial charge in [-0.1, -0.05) is 0 Å². The smallest absolute Gasteiger partial charge is 0.239 e. The minimum Gasteiger partial charge on any atom is -0.378 e. The third-order valence-electron chi connectivity index (χ3n) is 3.87. The summed E-state index contributed by atoms with van der Waals surface area (Å²) in [6.07, 6.45) is 7.11. The number of carbonyl (C=O) groups is 1. The Kier molecular flexibility index (Phi) is 4.80. The first-order valence-electron chi connectivity index (χ1n) is 6.89. The number of nitrogens with zero attached hydrogens (tertiary/aromatic N) is 1. The van der Waals surface area contributed by atoms with Gasteiger partial charge in [-0.05, 0) is 45.6 Å². The molecule has 2 atom stereocenters. The van der Waals surface area contributed by atoms with Gasteiger partial charge in [0, 0.05) is 19.7 Å². The third-order valence-corrected chi connectivity index (χ3v) is 3.87. The Morgan fingerprint density at radius 3 is 2.94 bits per heavy atom. The molecule has 0 spiro atoms. The molecule has 2 heterocycles. The predicted octanol–water partition coefficient (Wildman–Crippen LogP) is 1.16. The van der Waals surface area contributed by atoms with E-state index in [4.69, 9.17) is 4.74 Å². The summed E-state index contributed by atoms with van der Waals surface area (Å²) in [7, 11) is 1.87. The number of piperidine rings is 1. The number of ether oxygens (including phenoxy) is 1. The third kappa shape index (κ3) is 3.42. The van der Waals surface area contributed by atoms with E-state index in [1.165, 1.54) is 12.8 Å². The highest BCUT2D eigenvalue weighted by Crippen LogP contribution is 2.18. The van der Waals surface area contributed by atoms with Gasteiger partial charge in [0.15, 0.2) is 0 Å². The van der Waals surface area contributed by atoms with Crippen molar-refractivity contribution in [3.63, 3.8) is 0 Å². The lowest BCUT2D eigenvalue weighted by Crippen LogP contribution is -2.50. The highest BCUT2D eigenvalue weighted by molar-refractivity contribution is 5.82. The Labute approximate surface area is 104 Å². The lowest BCUT2D eigenvalue weighted by molar-refractivity contribution is -0.136. The van der Waals surface area contributed by atoms with Crippen molar-refractivity contribution in [3.8, 4) is 0 Å². The molecule has 2 aliphatic rings. The number of amides is 1. The molecule has 1 amide bonds. The van der Waals surface area contributed by atoms with Crippen LogP contribution in [0, 0.1) is 0 Å². The molecule has 2 rings (SSSR count). The normalized spacial score (nSPS) is 30.6. The Morgan fingerprint density at radius 1 is 1.35 bits per heavy atom. The van der Waals surface area contributed by atoms with Gasteiger partial charge < -0.3 is 15.0 Å². The number of nitrogens with one attached hydrogen (secondary N) is 1. The Hall–Kier alpha value is -0.610. The number of likely N-dealkylation sites (tertiary alicyclic amines) is 1. The maximum Gasteiger partial charge on any atom is 0.239 e. The minimum atomic E-state index is 0.0380. The molecule has 2 unspecified atom stereocenters. The van der Waals surface area contributed by atoms with Crippen LogP contribution in [0.5, 0.6) is 0 Å². The summed E-state index contributed by atoms with van der Waals surface area (Å²) in [5.41, 5.74) is 0. The van der Waals surface area contributed by atoms with Crippen LogP contribution in [0.15, 0.2) is 0 Å². The van der Waals surface area contributed by atoms with Gasteiger partial charge in [-0.15, -0.1) is 0 Å². The van der Waals surface area contributed by atoms with Crippen molar-refractivity contribution in [2.75, 3.05) is 26.7 Å².